The van der Waals surface area contributed by atoms with Crippen LogP contribution in [0.4, 0.5) is 0 Å². The predicted octanol–water partition coefficient (Wildman–Crippen LogP) is 5.86. The zero-order valence-electron chi connectivity index (χ0n) is 18.6. The zero-order chi connectivity index (χ0) is 24.5. The molecule has 4 rings (SSSR count). The van der Waals surface area contributed by atoms with Crippen molar-refractivity contribution in [1.82, 2.24) is 5.43 Å². The molecule has 7 heteroatoms. The fourth-order valence-corrected chi connectivity index (χ4v) is 3.57. The van der Waals surface area contributed by atoms with Gasteiger partial charge in [0.05, 0.1) is 11.8 Å². The van der Waals surface area contributed by atoms with E-state index in [1.165, 1.54) is 6.21 Å². The van der Waals surface area contributed by atoms with E-state index >= 15 is 0 Å². The first-order chi connectivity index (χ1) is 17.1. The molecule has 35 heavy (non-hydrogen) atoms. The van der Waals surface area contributed by atoms with Crippen LogP contribution in [0, 0.1) is 0 Å². The quantitative estimate of drug-likeness (QED) is 0.134. The monoisotopic (exact) mass is 528 g/mol. The number of esters is 1. The van der Waals surface area contributed by atoms with Crippen LogP contribution in [0.5, 0.6) is 11.5 Å². The number of benzene rings is 4. The molecule has 0 unspecified atom stereocenters. The highest BCUT2D eigenvalue weighted by atomic mass is 79.9. The summed E-state index contributed by atoms with van der Waals surface area (Å²) in [4.78, 5) is 24.4. The second-order valence-corrected chi connectivity index (χ2v) is 8.36. The summed E-state index contributed by atoms with van der Waals surface area (Å²) in [5.41, 5.74) is 5.68. The number of hydrogen-bond donors (Lipinski definition) is 1. The maximum atomic E-state index is 12.3. The van der Waals surface area contributed by atoms with Gasteiger partial charge in [-0.25, -0.2) is 10.2 Å². The van der Waals surface area contributed by atoms with Crippen LogP contribution in [0.25, 0.3) is 11.1 Å². The Morgan fingerprint density at radius 1 is 0.800 bits per heavy atom. The van der Waals surface area contributed by atoms with Crippen LogP contribution in [0.2, 0.25) is 0 Å². The minimum atomic E-state index is -0.470. The van der Waals surface area contributed by atoms with Gasteiger partial charge in [0, 0.05) is 4.47 Å². The number of amides is 1. The maximum absolute atomic E-state index is 12.3. The van der Waals surface area contributed by atoms with Crippen molar-refractivity contribution in [3.63, 3.8) is 0 Å². The largest absolute Gasteiger partial charge is 0.484 e. The normalized spacial score (nSPS) is 10.7. The number of ether oxygens (including phenoxy) is 2. The Bertz CT molecular complexity index is 1340. The van der Waals surface area contributed by atoms with E-state index in [2.05, 4.69) is 26.5 Å². The minimum absolute atomic E-state index is 0.174. The lowest BCUT2D eigenvalue weighted by Gasteiger charge is -2.07. The molecule has 0 saturated heterocycles. The van der Waals surface area contributed by atoms with Crippen molar-refractivity contribution in [3.05, 3.63) is 119 Å². The Labute approximate surface area is 211 Å². The number of carbonyl (C=O) groups excluding carboxylic acids is 2. The van der Waals surface area contributed by atoms with Crippen molar-refractivity contribution >= 4 is 34.0 Å². The van der Waals surface area contributed by atoms with Crippen molar-refractivity contribution in [3.8, 4) is 22.6 Å². The smallest absolute Gasteiger partial charge is 0.343 e. The molecule has 1 N–H and O–H groups in total. The van der Waals surface area contributed by atoms with E-state index in [-0.39, 0.29) is 6.61 Å². The van der Waals surface area contributed by atoms with E-state index in [0.717, 1.165) is 15.6 Å². The van der Waals surface area contributed by atoms with E-state index < -0.39 is 11.9 Å². The summed E-state index contributed by atoms with van der Waals surface area (Å²) >= 11 is 3.33. The van der Waals surface area contributed by atoms with E-state index in [1.54, 1.807) is 42.5 Å². The van der Waals surface area contributed by atoms with Crippen molar-refractivity contribution in [2.45, 2.75) is 0 Å². The molecule has 0 aliphatic heterocycles. The Morgan fingerprint density at radius 2 is 1.54 bits per heavy atom. The van der Waals surface area contributed by atoms with Crippen LogP contribution < -0.4 is 14.9 Å². The molecule has 0 heterocycles. The number of halogens is 1. The fourth-order valence-electron chi connectivity index (χ4n) is 3.17. The van der Waals surface area contributed by atoms with Crippen molar-refractivity contribution < 1.29 is 19.1 Å². The highest BCUT2D eigenvalue weighted by Crippen LogP contribution is 2.22. The van der Waals surface area contributed by atoms with E-state index in [9.17, 15) is 9.59 Å². The second kappa shape index (κ2) is 11.8. The third-order valence-electron chi connectivity index (χ3n) is 4.86. The molecule has 174 valence electrons. The third kappa shape index (κ3) is 7.12. The highest BCUT2D eigenvalue weighted by molar-refractivity contribution is 9.10. The van der Waals surface area contributed by atoms with Crippen LogP contribution in [0.15, 0.2) is 113 Å². The standard InChI is InChI=1S/C28H21BrN2O4/c29-24-10-5-9-23(17-24)28(33)35-26-11-4-6-20(16-26)18-30-31-27(32)19-34-25-14-12-22(13-15-25)21-7-2-1-3-8-21/h1-18H,19H2,(H,31,32). The Kier molecular flexibility index (Phi) is 8.04. The Balaban J connectivity index is 1.26. The molecule has 1 amide bonds. The summed E-state index contributed by atoms with van der Waals surface area (Å²) in [7, 11) is 0. The molecule has 0 bridgehead atoms. The maximum Gasteiger partial charge on any atom is 0.343 e. The van der Waals surface area contributed by atoms with Gasteiger partial charge in [-0.1, -0.05) is 76.6 Å². The van der Waals surface area contributed by atoms with Gasteiger partial charge in [-0.15, -0.1) is 0 Å². The van der Waals surface area contributed by atoms with Crippen LogP contribution in [0.3, 0.4) is 0 Å². The van der Waals surface area contributed by atoms with Gasteiger partial charge in [0.2, 0.25) is 0 Å². The minimum Gasteiger partial charge on any atom is -0.484 e. The van der Waals surface area contributed by atoms with E-state index in [0.29, 0.717) is 22.6 Å². The highest BCUT2D eigenvalue weighted by Gasteiger charge is 2.09. The summed E-state index contributed by atoms with van der Waals surface area (Å²) in [5, 5.41) is 3.95. The lowest BCUT2D eigenvalue weighted by atomic mass is 10.1. The molecule has 0 aliphatic carbocycles. The van der Waals surface area contributed by atoms with Gasteiger partial charge in [0.1, 0.15) is 11.5 Å². The molecule has 6 nitrogen and oxygen atoms in total. The van der Waals surface area contributed by atoms with Crippen LogP contribution in [0.1, 0.15) is 15.9 Å². The van der Waals surface area contributed by atoms with Gasteiger partial charge in [-0.2, -0.15) is 5.10 Å². The lowest BCUT2D eigenvalue weighted by Crippen LogP contribution is -2.24. The Morgan fingerprint density at radius 3 is 2.31 bits per heavy atom. The molecular formula is C28H21BrN2O4. The first-order valence-corrected chi connectivity index (χ1v) is 11.5. The van der Waals surface area contributed by atoms with Gasteiger partial charge >= 0.3 is 5.97 Å². The molecule has 4 aromatic carbocycles. The van der Waals surface area contributed by atoms with E-state index in [4.69, 9.17) is 9.47 Å². The summed E-state index contributed by atoms with van der Waals surface area (Å²) in [6.07, 6.45) is 1.46. The van der Waals surface area contributed by atoms with Gasteiger partial charge in [-0.05, 0) is 59.2 Å². The summed E-state index contributed by atoms with van der Waals surface area (Å²) in [6, 6.07) is 31.3. The molecule has 0 fully saturated rings. The number of carbonyl (C=O) groups is 2. The molecule has 0 radical (unpaired) electrons. The van der Waals surface area contributed by atoms with Crippen LogP contribution in [-0.2, 0) is 4.79 Å². The zero-order valence-corrected chi connectivity index (χ0v) is 20.1. The third-order valence-corrected chi connectivity index (χ3v) is 5.36. The number of nitrogens with one attached hydrogen (secondary N) is 1. The number of hydrazone groups is 1. The van der Waals surface area contributed by atoms with Crippen LogP contribution in [-0.4, -0.2) is 24.7 Å². The molecule has 0 atom stereocenters. The van der Waals surface area contributed by atoms with E-state index in [1.807, 2.05) is 60.7 Å². The molecular weight excluding hydrogens is 508 g/mol. The first kappa shape index (κ1) is 23.9. The van der Waals surface area contributed by atoms with Crippen LogP contribution >= 0.6 is 15.9 Å². The summed E-state index contributed by atoms with van der Waals surface area (Å²) < 4.78 is 11.7. The predicted molar refractivity (Wildman–Crippen MR) is 139 cm³/mol. The lowest BCUT2D eigenvalue weighted by molar-refractivity contribution is -0.123. The molecule has 0 spiro atoms. The average molecular weight is 529 g/mol. The molecule has 4 aromatic rings. The average Bonchev–Trinajstić information content (AvgIpc) is 2.88. The summed E-state index contributed by atoms with van der Waals surface area (Å²) in [5.74, 6) is 0.0876. The number of nitrogens with zero attached hydrogens (tertiary/aromatic N) is 1. The first-order valence-electron chi connectivity index (χ1n) is 10.7. The van der Waals surface area contributed by atoms with Crippen molar-refractivity contribution in [2.24, 2.45) is 5.10 Å². The SMILES string of the molecule is O=C(COc1ccc(-c2ccccc2)cc1)NN=Cc1cccc(OC(=O)c2cccc(Br)c2)c1. The molecule has 0 saturated carbocycles. The van der Waals surface area contributed by atoms with Gasteiger partial charge in [0.15, 0.2) is 6.61 Å². The van der Waals surface area contributed by atoms with Gasteiger partial charge in [0.25, 0.3) is 5.91 Å². The van der Waals surface area contributed by atoms with Gasteiger partial charge < -0.3 is 9.47 Å². The fraction of sp³-hybridized carbons (Fsp3) is 0.0357. The molecule has 0 aromatic heterocycles. The Hall–Kier alpha value is -4.23. The number of rotatable bonds is 8. The van der Waals surface area contributed by atoms with Gasteiger partial charge in [-0.3, -0.25) is 4.79 Å². The van der Waals surface area contributed by atoms with Crippen molar-refractivity contribution in [1.29, 1.82) is 0 Å². The topological polar surface area (TPSA) is 77.0 Å². The summed E-state index contributed by atoms with van der Waals surface area (Å²) in [6.45, 7) is -0.174. The molecule has 0 aliphatic rings. The van der Waals surface area contributed by atoms with Crippen molar-refractivity contribution in [2.75, 3.05) is 6.61 Å². The number of hydrogen-bond acceptors (Lipinski definition) is 5. The second-order valence-electron chi connectivity index (χ2n) is 7.44.